The third-order valence-corrected chi connectivity index (χ3v) is 4.65. The number of ether oxygens (including phenoxy) is 3. The monoisotopic (exact) mass is 396 g/mol. The molecule has 1 N–H and O–H groups in total. The minimum absolute atomic E-state index is 0.208. The van der Waals surface area contributed by atoms with Gasteiger partial charge in [-0.2, -0.15) is 0 Å². The number of amides is 2. The molecule has 2 aromatic rings. The van der Waals surface area contributed by atoms with Crippen LogP contribution in [0.25, 0.3) is 5.57 Å². The number of benzene rings is 2. The van der Waals surface area contributed by atoms with E-state index in [2.05, 4.69) is 5.32 Å². The summed E-state index contributed by atoms with van der Waals surface area (Å²) in [5.41, 5.74) is 1.66. The van der Waals surface area contributed by atoms with Gasteiger partial charge in [-0.15, -0.1) is 0 Å². The molecule has 0 atom stereocenters. The van der Waals surface area contributed by atoms with Gasteiger partial charge in [0.15, 0.2) is 11.5 Å². The maximum absolute atomic E-state index is 13.1. The summed E-state index contributed by atoms with van der Waals surface area (Å²) in [6.45, 7) is 2.26. The van der Waals surface area contributed by atoms with Crippen molar-refractivity contribution in [2.24, 2.45) is 0 Å². The van der Waals surface area contributed by atoms with Crippen LogP contribution in [0.5, 0.6) is 17.2 Å². The number of para-hydroxylation sites is 2. The van der Waals surface area contributed by atoms with E-state index in [1.54, 1.807) is 44.6 Å². The van der Waals surface area contributed by atoms with Gasteiger partial charge in [-0.3, -0.25) is 14.5 Å². The first-order chi connectivity index (χ1) is 14.0. The predicted octanol–water partition coefficient (Wildman–Crippen LogP) is 3.31. The van der Waals surface area contributed by atoms with Crippen LogP contribution in [-0.2, 0) is 9.59 Å². The molecular formula is C22H24N2O5. The molecule has 2 amide bonds. The highest BCUT2D eigenvalue weighted by Gasteiger charge is 2.39. The van der Waals surface area contributed by atoms with Crippen molar-refractivity contribution in [2.45, 2.75) is 13.3 Å². The van der Waals surface area contributed by atoms with Crippen molar-refractivity contribution in [1.82, 2.24) is 4.90 Å². The Bertz CT molecular complexity index is 967. The van der Waals surface area contributed by atoms with E-state index in [0.717, 1.165) is 0 Å². The van der Waals surface area contributed by atoms with Gasteiger partial charge in [0, 0.05) is 6.54 Å². The fraction of sp³-hybridized carbons (Fsp3) is 0.273. The molecule has 0 unspecified atom stereocenters. The second-order valence-electron chi connectivity index (χ2n) is 6.41. The lowest BCUT2D eigenvalue weighted by molar-refractivity contribution is -0.136. The van der Waals surface area contributed by atoms with Crippen molar-refractivity contribution < 1.29 is 23.8 Å². The lowest BCUT2D eigenvalue weighted by atomic mass is 10.0. The Labute approximate surface area is 169 Å². The zero-order valence-electron chi connectivity index (χ0n) is 16.9. The molecule has 0 radical (unpaired) electrons. The molecule has 0 saturated heterocycles. The molecule has 1 aliphatic rings. The topological polar surface area (TPSA) is 77.1 Å². The van der Waals surface area contributed by atoms with E-state index in [-0.39, 0.29) is 23.1 Å². The number of carbonyl (C=O) groups excluding carboxylic acids is 2. The number of anilines is 1. The fourth-order valence-electron chi connectivity index (χ4n) is 3.26. The molecule has 7 nitrogen and oxygen atoms in total. The van der Waals surface area contributed by atoms with Crippen LogP contribution in [0, 0.1) is 0 Å². The summed E-state index contributed by atoms with van der Waals surface area (Å²) in [4.78, 5) is 27.4. The molecule has 2 aromatic carbocycles. The van der Waals surface area contributed by atoms with Gasteiger partial charge in [0.25, 0.3) is 11.8 Å². The van der Waals surface area contributed by atoms with E-state index in [9.17, 15) is 9.59 Å². The van der Waals surface area contributed by atoms with Gasteiger partial charge in [-0.25, -0.2) is 0 Å². The maximum atomic E-state index is 13.1. The van der Waals surface area contributed by atoms with Crippen molar-refractivity contribution in [1.29, 1.82) is 0 Å². The Morgan fingerprint density at radius 1 is 0.862 bits per heavy atom. The van der Waals surface area contributed by atoms with Crippen molar-refractivity contribution in [2.75, 3.05) is 33.2 Å². The van der Waals surface area contributed by atoms with E-state index in [4.69, 9.17) is 14.2 Å². The zero-order chi connectivity index (χ0) is 21.0. The van der Waals surface area contributed by atoms with Crippen LogP contribution in [0.15, 0.2) is 48.2 Å². The quantitative estimate of drug-likeness (QED) is 0.690. The van der Waals surface area contributed by atoms with Crippen LogP contribution in [0.3, 0.4) is 0 Å². The first kappa shape index (κ1) is 20.3. The number of nitrogens with one attached hydrogen (secondary N) is 1. The summed E-state index contributed by atoms with van der Waals surface area (Å²) >= 11 is 0. The molecule has 0 aromatic heterocycles. The number of methoxy groups -OCH3 is 3. The fourth-order valence-corrected chi connectivity index (χ4v) is 3.26. The van der Waals surface area contributed by atoms with Crippen LogP contribution in [0.4, 0.5) is 5.69 Å². The lowest BCUT2D eigenvalue weighted by Crippen LogP contribution is -2.33. The Morgan fingerprint density at radius 3 is 2.21 bits per heavy atom. The number of rotatable bonds is 8. The van der Waals surface area contributed by atoms with Gasteiger partial charge in [0.1, 0.15) is 11.4 Å². The minimum atomic E-state index is -0.368. The molecule has 29 heavy (non-hydrogen) atoms. The second kappa shape index (κ2) is 8.68. The minimum Gasteiger partial charge on any atom is -0.495 e. The molecule has 0 aliphatic carbocycles. The van der Waals surface area contributed by atoms with Gasteiger partial charge in [-0.05, 0) is 36.2 Å². The predicted molar refractivity (Wildman–Crippen MR) is 110 cm³/mol. The molecule has 152 valence electrons. The Kier molecular flexibility index (Phi) is 6.07. The third-order valence-electron chi connectivity index (χ3n) is 4.65. The van der Waals surface area contributed by atoms with Gasteiger partial charge in [0.05, 0.1) is 32.6 Å². The SMILES string of the molecule is CCCN1C(=O)C(Nc2ccccc2OC)=C(c2ccc(OC)c(OC)c2)C1=O. The van der Waals surface area contributed by atoms with Crippen molar-refractivity contribution >= 4 is 23.1 Å². The van der Waals surface area contributed by atoms with Gasteiger partial charge >= 0.3 is 0 Å². The summed E-state index contributed by atoms with van der Waals surface area (Å²) in [5, 5.41) is 3.11. The first-order valence-corrected chi connectivity index (χ1v) is 9.28. The molecule has 3 rings (SSSR count). The van der Waals surface area contributed by atoms with E-state index in [0.29, 0.717) is 41.5 Å². The number of hydrogen-bond acceptors (Lipinski definition) is 6. The number of imide groups is 1. The smallest absolute Gasteiger partial charge is 0.278 e. The molecule has 7 heteroatoms. The molecule has 1 aliphatic heterocycles. The molecule has 0 spiro atoms. The van der Waals surface area contributed by atoms with Gasteiger partial charge < -0.3 is 19.5 Å². The molecule has 0 fully saturated rings. The molecular weight excluding hydrogens is 372 g/mol. The highest BCUT2D eigenvalue weighted by Crippen LogP contribution is 2.36. The van der Waals surface area contributed by atoms with Crippen molar-refractivity contribution in [3.05, 3.63) is 53.7 Å². The number of nitrogens with zero attached hydrogens (tertiary/aromatic N) is 1. The normalized spacial score (nSPS) is 13.7. The summed E-state index contributed by atoms with van der Waals surface area (Å²) in [7, 11) is 4.61. The van der Waals surface area contributed by atoms with Gasteiger partial charge in [-0.1, -0.05) is 25.1 Å². The summed E-state index contributed by atoms with van der Waals surface area (Å²) in [5.74, 6) is 0.872. The number of carbonyl (C=O) groups is 2. The maximum Gasteiger partial charge on any atom is 0.278 e. The Balaban J connectivity index is 2.13. The van der Waals surface area contributed by atoms with Crippen molar-refractivity contribution in [3.8, 4) is 17.2 Å². The lowest BCUT2D eigenvalue weighted by Gasteiger charge is -2.14. The van der Waals surface area contributed by atoms with E-state index in [1.807, 2.05) is 19.1 Å². The van der Waals surface area contributed by atoms with Gasteiger partial charge in [0.2, 0.25) is 0 Å². The largest absolute Gasteiger partial charge is 0.495 e. The summed E-state index contributed by atoms with van der Waals surface area (Å²) in [6.07, 6.45) is 0.665. The van der Waals surface area contributed by atoms with Crippen LogP contribution in [-0.4, -0.2) is 44.6 Å². The summed E-state index contributed by atoms with van der Waals surface area (Å²) in [6, 6.07) is 12.4. The summed E-state index contributed by atoms with van der Waals surface area (Å²) < 4.78 is 16.0. The van der Waals surface area contributed by atoms with Crippen LogP contribution >= 0.6 is 0 Å². The molecule has 1 heterocycles. The Hall–Kier alpha value is -3.48. The standard InChI is InChI=1S/C22H24N2O5/c1-5-12-24-21(25)19(14-10-11-17(28-3)18(13-14)29-4)20(22(24)26)23-15-8-6-7-9-16(15)27-2/h6-11,13,23H,5,12H2,1-4H3. The highest BCUT2D eigenvalue weighted by molar-refractivity contribution is 6.36. The third kappa shape index (κ3) is 3.76. The van der Waals surface area contributed by atoms with E-state index in [1.165, 1.54) is 12.0 Å². The first-order valence-electron chi connectivity index (χ1n) is 9.28. The van der Waals surface area contributed by atoms with Crippen molar-refractivity contribution in [3.63, 3.8) is 0 Å². The van der Waals surface area contributed by atoms with Crippen LogP contribution < -0.4 is 19.5 Å². The van der Waals surface area contributed by atoms with Crippen LogP contribution in [0.2, 0.25) is 0 Å². The highest BCUT2D eigenvalue weighted by atomic mass is 16.5. The average molecular weight is 396 g/mol. The van der Waals surface area contributed by atoms with Crippen LogP contribution in [0.1, 0.15) is 18.9 Å². The molecule has 0 saturated carbocycles. The number of hydrogen-bond donors (Lipinski definition) is 1. The average Bonchev–Trinajstić information content (AvgIpc) is 2.98. The Morgan fingerprint density at radius 2 is 1.55 bits per heavy atom. The molecule has 0 bridgehead atoms. The zero-order valence-corrected chi connectivity index (χ0v) is 16.9. The van der Waals surface area contributed by atoms with E-state index < -0.39 is 0 Å². The second-order valence-corrected chi connectivity index (χ2v) is 6.41. The van der Waals surface area contributed by atoms with E-state index >= 15 is 0 Å².